The van der Waals surface area contributed by atoms with Gasteiger partial charge in [-0.2, -0.15) is 13.2 Å². The normalized spacial score (nSPS) is 18.7. The van der Waals surface area contributed by atoms with Crippen LogP contribution in [0.5, 0.6) is 5.75 Å². The number of alkyl halides is 3. The van der Waals surface area contributed by atoms with E-state index in [9.17, 15) is 18.0 Å². The first-order chi connectivity index (χ1) is 16.4. The van der Waals surface area contributed by atoms with E-state index in [0.717, 1.165) is 54.7 Å². The monoisotopic (exact) mass is 492 g/mol. The van der Waals surface area contributed by atoms with Gasteiger partial charge in [0.2, 0.25) is 0 Å². The summed E-state index contributed by atoms with van der Waals surface area (Å²) in [6.07, 6.45) is -1.02. The number of ether oxygens (including phenoxy) is 2. The summed E-state index contributed by atoms with van der Waals surface area (Å²) < 4.78 is 49.6. The lowest BCUT2D eigenvalue weighted by Crippen LogP contribution is -2.44. The topological polar surface area (TPSA) is 50.8 Å². The highest BCUT2D eigenvalue weighted by molar-refractivity contribution is 5.68. The molecule has 0 radical (unpaired) electrons. The second kappa shape index (κ2) is 10.9. The third-order valence-electron chi connectivity index (χ3n) is 6.33. The van der Waals surface area contributed by atoms with Crippen molar-refractivity contribution in [3.8, 4) is 16.9 Å². The van der Waals surface area contributed by atoms with E-state index < -0.39 is 17.3 Å². The number of carbonyl (C=O) groups excluding carboxylic acids is 1. The van der Waals surface area contributed by atoms with Gasteiger partial charge < -0.3 is 19.7 Å². The van der Waals surface area contributed by atoms with Gasteiger partial charge in [0, 0.05) is 31.2 Å². The minimum absolute atomic E-state index is 0.153. The summed E-state index contributed by atoms with van der Waals surface area (Å²) >= 11 is 0. The SMILES string of the molecule is COc1ccc(-c2ccc(C(F)(F)F)cc2)cc1CN[C@H]1CC[C@H](N(C)C(=O)OC(C)(C)C)CC1. The van der Waals surface area contributed by atoms with Crippen molar-refractivity contribution in [3.63, 3.8) is 0 Å². The van der Waals surface area contributed by atoms with Crippen LogP contribution in [0.4, 0.5) is 18.0 Å². The number of halogens is 3. The molecule has 1 aliphatic rings. The Hall–Kier alpha value is -2.74. The molecule has 3 rings (SSSR count). The summed E-state index contributed by atoms with van der Waals surface area (Å²) in [5.74, 6) is 0.728. The molecule has 0 atom stereocenters. The Morgan fingerprint density at radius 3 is 2.14 bits per heavy atom. The van der Waals surface area contributed by atoms with Crippen LogP contribution < -0.4 is 10.1 Å². The molecule has 0 bridgehead atoms. The lowest BCUT2D eigenvalue weighted by molar-refractivity contribution is -0.137. The standard InChI is InChI=1S/C27H35F3N2O3/c1-26(2,3)35-25(33)32(4)23-13-11-22(12-14-23)31-17-20-16-19(8-15-24(20)34-5)18-6-9-21(10-7-18)27(28,29)30/h6-10,15-16,22-23,31H,11-14,17H2,1-5H3/t22-,23-. The van der Waals surface area contributed by atoms with Gasteiger partial charge in [-0.25, -0.2) is 4.79 Å². The molecule has 2 aromatic rings. The summed E-state index contributed by atoms with van der Waals surface area (Å²) in [4.78, 5) is 14.1. The predicted molar refractivity (Wildman–Crippen MR) is 130 cm³/mol. The fraction of sp³-hybridized carbons (Fsp3) is 0.519. The number of hydrogen-bond acceptors (Lipinski definition) is 4. The lowest BCUT2D eigenvalue weighted by Gasteiger charge is -2.36. The van der Waals surface area contributed by atoms with Gasteiger partial charge >= 0.3 is 12.3 Å². The molecule has 1 N–H and O–H groups in total. The highest BCUT2D eigenvalue weighted by Crippen LogP contribution is 2.32. The highest BCUT2D eigenvalue weighted by Gasteiger charge is 2.30. The molecule has 1 aliphatic carbocycles. The molecule has 0 heterocycles. The van der Waals surface area contributed by atoms with Crippen molar-refractivity contribution in [3.05, 3.63) is 53.6 Å². The largest absolute Gasteiger partial charge is 0.496 e. The van der Waals surface area contributed by atoms with Crippen LogP contribution in [0.1, 0.15) is 57.6 Å². The molecule has 0 aliphatic heterocycles. The second-order valence-corrected chi connectivity index (χ2v) is 10.1. The molecule has 35 heavy (non-hydrogen) atoms. The third kappa shape index (κ3) is 7.37. The zero-order chi connectivity index (χ0) is 25.8. The Bertz CT molecular complexity index is 992. The smallest absolute Gasteiger partial charge is 0.416 e. The van der Waals surface area contributed by atoms with Crippen LogP contribution in [-0.2, 0) is 17.5 Å². The minimum atomic E-state index is -4.35. The van der Waals surface area contributed by atoms with Crippen LogP contribution >= 0.6 is 0 Å². The fourth-order valence-corrected chi connectivity index (χ4v) is 4.35. The fourth-order valence-electron chi connectivity index (χ4n) is 4.35. The first-order valence-corrected chi connectivity index (χ1v) is 11.9. The molecule has 1 saturated carbocycles. The maximum absolute atomic E-state index is 12.9. The van der Waals surface area contributed by atoms with Crippen molar-refractivity contribution in [2.24, 2.45) is 0 Å². The van der Waals surface area contributed by atoms with Gasteiger partial charge in [0.05, 0.1) is 12.7 Å². The Morgan fingerprint density at radius 1 is 1.00 bits per heavy atom. The van der Waals surface area contributed by atoms with E-state index in [0.29, 0.717) is 18.2 Å². The molecule has 8 heteroatoms. The van der Waals surface area contributed by atoms with Crippen LogP contribution in [0, 0.1) is 0 Å². The average Bonchev–Trinajstić information content (AvgIpc) is 2.81. The van der Waals surface area contributed by atoms with E-state index >= 15 is 0 Å². The van der Waals surface area contributed by atoms with Gasteiger partial charge in [0.25, 0.3) is 0 Å². The van der Waals surface area contributed by atoms with Gasteiger partial charge in [0.15, 0.2) is 0 Å². The Morgan fingerprint density at radius 2 is 1.60 bits per heavy atom. The molecular weight excluding hydrogens is 457 g/mol. The quantitative estimate of drug-likeness (QED) is 0.491. The Balaban J connectivity index is 1.59. The zero-order valence-corrected chi connectivity index (χ0v) is 21.0. The van der Waals surface area contributed by atoms with Gasteiger partial charge in [-0.05, 0) is 81.8 Å². The van der Waals surface area contributed by atoms with E-state index in [2.05, 4.69) is 5.32 Å². The number of nitrogens with zero attached hydrogens (tertiary/aromatic N) is 1. The van der Waals surface area contributed by atoms with Crippen molar-refractivity contribution >= 4 is 6.09 Å². The average molecular weight is 493 g/mol. The Kier molecular flexibility index (Phi) is 8.36. The predicted octanol–water partition coefficient (Wildman–Crippen LogP) is 6.65. The number of rotatable bonds is 6. The number of methoxy groups -OCH3 is 1. The van der Waals surface area contributed by atoms with Crippen LogP contribution in [0.3, 0.4) is 0 Å². The molecule has 1 fully saturated rings. The van der Waals surface area contributed by atoms with E-state index in [-0.39, 0.29) is 12.1 Å². The van der Waals surface area contributed by atoms with Crippen LogP contribution in [0.2, 0.25) is 0 Å². The summed E-state index contributed by atoms with van der Waals surface area (Å²) in [5, 5.41) is 3.58. The molecule has 5 nitrogen and oxygen atoms in total. The third-order valence-corrected chi connectivity index (χ3v) is 6.33. The molecule has 0 saturated heterocycles. The summed E-state index contributed by atoms with van der Waals surface area (Å²) in [6.45, 7) is 6.16. The van der Waals surface area contributed by atoms with Crippen molar-refractivity contribution in [1.82, 2.24) is 10.2 Å². The molecule has 0 unspecified atom stereocenters. The first-order valence-electron chi connectivity index (χ1n) is 11.9. The maximum Gasteiger partial charge on any atom is 0.416 e. The lowest BCUT2D eigenvalue weighted by atomic mass is 9.90. The molecule has 1 amide bonds. The van der Waals surface area contributed by atoms with Gasteiger partial charge in [-0.15, -0.1) is 0 Å². The minimum Gasteiger partial charge on any atom is -0.496 e. The number of hydrogen-bond donors (Lipinski definition) is 1. The van der Waals surface area contributed by atoms with Gasteiger partial charge in [0.1, 0.15) is 11.4 Å². The number of carbonyl (C=O) groups is 1. The first kappa shape index (κ1) is 26.9. The van der Waals surface area contributed by atoms with E-state index in [4.69, 9.17) is 9.47 Å². The number of benzene rings is 2. The number of nitrogens with one attached hydrogen (secondary N) is 1. The van der Waals surface area contributed by atoms with E-state index in [1.54, 1.807) is 19.1 Å². The highest BCUT2D eigenvalue weighted by atomic mass is 19.4. The van der Waals surface area contributed by atoms with Gasteiger partial charge in [-0.3, -0.25) is 0 Å². The Labute approximate surface area is 205 Å². The molecular formula is C27H35F3N2O3. The molecule has 0 aromatic heterocycles. The van der Waals surface area contributed by atoms with Gasteiger partial charge in [-0.1, -0.05) is 18.2 Å². The van der Waals surface area contributed by atoms with Crippen LogP contribution in [0.15, 0.2) is 42.5 Å². The molecule has 2 aromatic carbocycles. The second-order valence-electron chi connectivity index (χ2n) is 10.1. The number of amides is 1. The summed E-state index contributed by atoms with van der Waals surface area (Å²) in [5.41, 5.74) is 1.31. The van der Waals surface area contributed by atoms with Crippen molar-refractivity contribution in [2.75, 3.05) is 14.2 Å². The van der Waals surface area contributed by atoms with E-state index in [1.165, 1.54) is 12.1 Å². The maximum atomic E-state index is 12.9. The van der Waals surface area contributed by atoms with Crippen molar-refractivity contribution in [2.45, 2.75) is 76.9 Å². The van der Waals surface area contributed by atoms with Crippen LogP contribution in [0.25, 0.3) is 11.1 Å². The van der Waals surface area contributed by atoms with E-state index in [1.807, 2.05) is 39.0 Å². The zero-order valence-electron chi connectivity index (χ0n) is 21.0. The summed E-state index contributed by atoms with van der Waals surface area (Å²) in [6, 6.07) is 11.3. The summed E-state index contributed by atoms with van der Waals surface area (Å²) in [7, 11) is 3.40. The van der Waals surface area contributed by atoms with Crippen molar-refractivity contribution < 1.29 is 27.4 Å². The van der Waals surface area contributed by atoms with Crippen molar-refractivity contribution in [1.29, 1.82) is 0 Å². The van der Waals surface area contributed by atoms with Crippen LogP contribution in [-0.4, -0.2) is 42.8 Å². The molecule has 192 valence electrons. The molecule has 0 spiro atoms.